The molecule has 2 aromatic rings. The van der Waals surface area contributed by atoms with Crippen LogP contribution in [-0.2, 0) is 17.8 Å². The van der Waals surface area contributed by atoms with Gasteiger partial charge in [-0.05, 0) is 12.0 Å². The maximum absolute atomic E-state index is 11.2. The normalized spacial score (nSPS) is 19.4. The number of carboxylic acids is 1. The molecule has 1 aliphatic heterocycles. The Morgan fingerprint density at radius 2 is 2.10 bits per heavy atom. The van der Waals surface area contributed by atoms with Crippen LogP contribution in [-0.4, -0.2) is 25.8 Å². The highest BCUT2D eigenvalue weighted by Crippen LogP contribution is 2.27. The van der Waals surface area contributed by atoms with Crippen molar-refractivity contribution in [3.05, 3.63) is 47.5 Å². The van der Waals surface area contributed by atoms with Crippen LogP contribution in [0, 0.1) is 5.92 Å². The van der Waals surface area contributed by atoms with Crippen LogP contribution in [0.1, 0.15) is 36.5 Å². The van der Waals surface area contributed by atoms with Gasteiger partial charge in [0.15, 0.2) is 0 Å². The number of nitrogens with zero attached hydrogens (tertiary/aromatic N) is 3. The largest absolute Gasteiger partial charge is 0.481 e. The number of aliphatic carboxylic acids is 1. The molecule has 0 radical (unpaired) electrons. The van der Waals surface area contributed by atoms with Crippen molar-refractivity contribution in [1.29, 1.82) is 0 Å². The molecule has 0 amide bonds. The highest BCUT2D eigenvalue weighted by atomic mass is 16.4. The Morgan fingerprint density at radius 3 is 2.80 bits per heavy atom. The lowest BCUT2D eigenvalue weighted by Gasteiger charge is -2.22. The third-order valence-electron chi connectivity index (χ3n) is 4.01. The highest BCUT2D eigenvalue weighted by Gasteiger charge is 2.29. The maximum atomic E-state index is 11.2. The molecule has 0 saturated heterocycles. The number of fused-ring (bicyclic) bond motifs is 1. The average Bonchev–Trinajstić information content (AvgIpc) is 2.90. The van der Waals surface area contributed by atoms with Gasteiger partial charge >= 0.3 is 5.97 Å². The molecule has 1 aromatic carbocycles. The van der Waals surface area contributed by atoms with Crippen molar-refractivity contribution in [2.75, 3.05) is 0 Å². The fourth-order valence-corrected chi connectivity index (χ4v) is 2.76. The Hall–Kier alpha value is -2.17. The molecule has 1 aromatic heterocycles. The Labute approximate surface area is 117 Å². The minimum absolute atomic E-state index is 0.116. The van der Waals surface area contributed by atoms with Crippen LogP contribution in [0.15, 0.2) is 30.3 Å². The zero-order chi connectivity index (χ0) is 14.1. The standard InChI is InChI=1S/C15H17N3O2/c1-10(11-5-3-2-4-6-11)14-17-16-13-8-7-12(15(19)20)9-18(13)14/h2-6,10,12H,7-9H2,1H3,(H,19,20). The first kappa shape index (κ1) is 12.8. The average molecular weight is 271 g/mol. The zero-order valence-electron chi connectivity index (χ0n) is 11.4. The molecule has 20 heavy (non-hydrogen) atoms. The van der Waals surface area contributed by atoms with Gasteiger partial charge in [0, 0.05) is 18.9 Å². The number of hydrogen-bond donors (Lipinski definition) is 1. The quantitative estimate of drug-likeness (QED) is 0.928. The summed E-state index contributed by atoms with van der Waals surface area (Å²) in [4.78, 5) is 11.2. The molecule has 104 valence electrons. The van der Waals surface area contributed by atoms with E-state index in [9.17, 15) is 9.90 Å². The van der Waals surface area contributed by atoms with Gasteiger partial charge in [-0.1, -0.05) is 37.3 Å². The second-order valence-corrected chi connectivity index (χ2v) is 5.29. The van der Waals surface area contributed by atoms with Crippen LogP contribution in [0.3, 0.4) is 0 Å². The smallest absolute Gasteiger partial charge is 0.308 e. The number of aromatic nitrogens is 3. The predicted octanol–water partition coefficient (Wildman–Crippen LogP) is 2.08. The summed E-state index contributed by atoms with van der Waals surface area (Å²) in [5, 5.41) is 17.7. The highest BCUT2D eigenvalue weighted by molar-refractivity contribution is 5.70. The lowest BCUT2D eigenvalue weighted by Crippen LogP contribution is -2.28. The summed E-state index contributed by atoms with van der Waals surface area (Å²) >= 11 is 0. The van der Waals surface area contributed by atoms with Crippen molar-refractivity contribution < 1.29 is 9.90 Å². The summed E-state index contributed by atoms with van der Waals surface area (Å²) in [6, 6.07) is 10.1. The van der Waals surface area contributed by atoms with E-state index in [0.29, 0.717) is 19.4 Å². The fraction of sp³-hybridized carbons (Fsp3) is 0.400. The summed E-state index contributed by atoms with van der Waals surface area (Å²) in [5.41, 5.74) is 1.17. The summed E-state index contributed by atoms with van der Waals surface area (Å²) in [5.74, 6) is 0.810. The van der Waals surface area contributed by atoms with E-state index < -0.39 is 5.97 Å². The topological polar surface area (TPSA) is 68.0 Å². The number of aryl methyl sites for hydroxylation is 1. The predicted molar refractivity (Wildman–Crippen MR) is 73.4 cm³/mol. The molecule has 0 aliphatic carbocycles. The van der Waals surface area contributed by atoms with Gasteiger partial charge in [-0.25, -0.2) is 0 Å². The first-order chi connectivity index (χ1) is 9.66. The lowest BCUT2D eigenvalue weighted by atomic mass is 9.97. The van der Waals surface area contributed by atoms with E-state index in [1.165, 1.54) is 5.56 Å². The molecular formula is C15H17N3O2. The second-order valence-electron chi connectivity index (χ2n) is 5.29. The van der Waals surface area contributed by atoms with Crippen molar-refractivity contribution in [3.8, 4) is 0 Å². The Kier molecular flexibility index (Phi) is 3.26. The molecule has 0 bridgehead atoms. The summed E-state index contributed by atoms with van der Waals surface area (Å²) in [7, 11) is 0. The Morgan fingerprint density at radius 1 is 1.35 bits per heavy atom. The van der Waals surface area contributed by atoms with E-state index in [2.05, 4.69) is 29.3 Å². The van der Waals surface area contributed by atoms with Gasteiger partial charge in [0.2, 0.25) is 0 Å². The van der Waals surface area contributed by atoms with Gasteiger partial charge in [-0.15, -0.1) is 10.2 Å². The molecular weight excluding hydrogens is 254 g/mol. The molecule has 1 aliphatic rings. The van der Waals surface area contributed by atoms with E-state index in [4.69, 9.17) is 0 Å². The van der Waals surface area contributed by atoms with E-state index in [1.807, 2.05) is 22.8 Å². The molecule has 0 saturated carbocycles. The first-order valence-electron chi connectivity index (χ1n) is 6.86. The molecule has 0 fully saturated rings. The minimum Gasteiger partial charge on any atom is -0.481 e. The molecule has 1 N–H and O–H groups in total. The minimum atomic E-state index is -0.734. The van der Waals surface area contributed by atoms with Crippen molar-refractivity contribution in [2.45, 2.75) is 32.2 Å². The summed E-state index contributed by atoms with van der Waals surface area (Å²) < 4.78 is 1.99. The monoisotopic (exact) mass is 271 g/mol. The van der Waals surface area contributed by atoms with Gasteiger partial charge in [0.25, 0.3) is 0 Å². The zero-order valence-corrected chi connectivity index (χ0v) is 11.4. The molecule has 3 rings (SSSR count). The van der Waals surface area contributed by atoms with Crippen LogP contribution >= 0.6 is 0 Å². The van der Waals surface area contributed by atoms with Crippen LogP contribution in [0.2, 0.25) is 0 Å². The van der Waals surface area contributed by atoms with E-state index in [0.717, 1.165) is 11.6 Å². The van der Waals surface area contributed by atoms with Gasteiger partial charge < -0.3 is 9.67 Å². The Balaban J connectivity index is 1.93. The summed E-state index contributed by atoms with van der Waals surface area (Å²) in [6.07, 6.45) is 1.33. The molecule has 2 heterocycles. The maximum Gasteiger partial charge on any atom is 0.308 e. The number of benzene rings is 1. The molecule has 2 unspecified atom stereocenters. The third-order valence-corrected chi connectivity index (χ3v) is 4.01. The van der Waals surface area contributed by atoms with Crippen molar-refractivity contribution >= 4 is 5.97 Å². The number of rotatable bonds is 3. The van der Waals surface area contributed by atoms with Gasteiger partial charge in [-0.3, -0.25) is 4.79 Å². The van der Waals surface area contributed by atoms with Gasteiger partial charge in [0.05, 0.1) is 5.92 Å². The van der Waals surface area contributed by atoms with Crippen LogP contribution in [0.5, 0.6) is 0 Å². The molecule has 0 spiro atoms. The Bertz CT molecular complexity index is 621. The fourth-order valence-electron chi connectivity index (χ4n) is 2.76. The van der Waals surface area contributed by atoms with Crippen LogP contribution in [0.25, 0.3) is 0 Å². The van der Waals surface area contributed by atoms with Crippen molar-refractivity contribution in [2.24, 2.45) is 5.92 Å². The second kappa shape index (κ2) is 5.07. The van der Waals surface area contributed by atoms with E-state index in [1.54, 1.807) is 0 Å². The van der Waals surface area contributed by atoms with Crippen molar-refractivity contribution in [1.82, 2.24) is 14.8 Å². The molecule has 5 nitrogen and oxygen atoms in total. The number of carboxylic acid groups (broad SMARTS) is 1. The van der Waals surface area contributed by atoms with E-state index >= 15 is 0 Å². The van der Waals surface area contributed by atoms with Crippen molar-refractivity contribution in [3.63, 3.8) is 0 Å². The third kappa shape index (κ3) is 2.19. The number of carbonyl (C=O) groups is 1. The van der Waals surface area contributed by atoms with Crippen LogP contribution < -0.4 is 0 Å². The van der Waals surface area contributed by atoms with Gasteiger partial charge in [-0.2, -0.15) is 0 Å². The van der Waals surface area contributed by atoms with E-state index in [-0.39, 0.29) is 11.8 Å². The summed E-state index contributed by atoms with van der Waals surface area (Å²) in [6.45, 7) is 2.56. The SMILES string of the molecule is CC(c1ccccc1)c1nnc2n1CC(C(=O)O)CC2. The lowest BCUT2D eigenvalue weighted by molar-refractivity contribution is -0.142. The van der Waals surface area contributed by atoms with Gasteiger partial charge in [0.1, 0.15) is 11.6 Å². The first-order valence-corrected chi connectivity index (χ1v) is 6.86. The van der Waals surface area contributed by atoms with Crippen LogP contribution in [0.4, 0.5) is 0 Å². The number of hydrogen-bond acceptors (Lipinski definition) is 3. The molecule has 5 heteroatoms. The molecule has 2 atom stereocenters.